The number of ether oxygens (including phenoxy) is 1. The van der Waals surface area contributed by atoms with Crippen LogP contribution in [0.2, 0.25) is 5.02 Å². The van der Waals surface area contributed by atoms with Gasteiger partial charge in [-0.3, -0.25) is 19.7 Å². The number of nitrogens with zero attached hydrogens (tertiary/aromatic N) is 3. The zero-order valence-electron chi connectivity index (χ0n) is 16.9. The third-order valence-corrected chi connectivity index (χ3v) is 5.50. The van der Waals surface area contributed by atoms with Gasteiger partial charge in [0.25, 0.3) is 17.5 Å². The van der Waals surface area contributed by atoms with Crippen molar-refractivity contribution in [3.8, 4) is 0 Å². The first kappa shape index (κ1) is 21.0. The standard InChI is InChI=1S/C22H20ClN3O5/c1-13-11-24(12-14(2)31-13)20-19(15-3-7-18(8-4-15)26(29)30)21(27)25(22(20)28)17-9-5-16(23)6-10-17/h3-10,13-14H,11-12H2,1-2H3. The third kappa shape index (κ3) is 3.92. The lowest BCUT2D eigenvalue weighted by molar-refractivity contribution is -0.384. The van der Waals surface area contributed by atoms with Crippen LogP contribution < -0.4 is 4.90 Å². The predicted octanol–water partition coefficient (Wildman–Crippen LogP) is 3.64. The van der Waals surface area contributed by atoms with Crippen LogP contribution in [0.1, 0.15) is 19.4 Å². The number of benzene rings is 2. The Bertz CT molecular complexity index is 1070. The van der Waals surface area contributed by atoms with Gasteiger partial charge in [0.2, 0.25) is 0 Å². The molecule has 2 aliphatic rings. The summed E-state index contributed by atoms with van der Waals surface area (Å²) in [5.41, 5.74) is 1.25. The zero-order chi connectivity index (χ0) is 22.3. The van der Waals surface area contributed by atoms with Gasteiger partial charge in [-0.1, -0.05) is 11.6 Å². The number of hydrogen-bond acceptors (Lipinski definition) is 6. The second-order valence-corrected chi connectivity index (χ2v) is 8.05. The van der Waals surface area contributed by atoms with Crippen LogP contribution in [0.3, 0.4) is 0 Å². The van der Waals surface area contributed by atoms with Crippen molar-refractivity contribution in [2.75, 3.05) is 18.0 Å². The van der Waals surface area contributed by atoms with E-state index in [1.807, 2.05) is 18.7 Å². The maximum Gasteiger partial charge on any atom is 0.282 e. The van der Waals surface area contributed by atoms with Crippen molar-refractivity contribution in [3.05, 3.63) is 74.9 Å². The van der Waals surface area contributed by atoms with E-state index in [2.05, 4.69) is 0 Å². The Hall–Kier alpha value is -3.23. The monoisotopic (exact) mass is 441 g/mol. The number of carbonyl (C=O) groups is 2. The van der Waals surface area contributed by atoms with E-state index in [1.54, 1.807) is 24.3 Å². The Labute approximate surface area is 183 Å². The molecule has 0 aromatic heterocycles. The first-order chi connectivity index (χ1) is 14.8. The van der Waals surface area contributed by atoms with Gasteiger partial charge >= 0.3 is 0 Å². The molecule has 0 saturated carbocycles. The predicted molar refractivity (Wildman–Crippen MR) is 116 cm³/mol. The number of carbonyl (C=O) groups excluding carboxylic acids is 2. The van der Waals surface area contributed by atoms with E-state index in [4.69, 9.17) is 16.3 Å². The van der Waals surface area contributed by atoms with Gasteiger partial charge in [-0.2, -0.15) is 0 Å². The highest BCUT2D eigenvalue weighted by Crippen LogP contribution is 2.36. The minimum Gasteiger partial charge on any atom is -0.372 e. The summed E-state index contributed by atoms with van der Waals surface area (Å²) in [6.45, 7) is 4.72. The SMILES string of the molecule is CC1CN(C2=C(c3ccc([N+](=O)[O-])cc3)C(=O)N(c3ccc(Cl)cc3)C2=O)CC(C)O1. The molecule has 0 N–H and O–H groups in total. The molecule has 0 bridgehead atoms. The minimum atomic E-state index is -0.508. The average molecular weight is 442 g/mol. The van der Waals surface area contributed by atoms with Crippen molar-refractivity contribution in [1.29, 1.82) is 0 Å². The average Bonchev–Trinajstić information content (AvgIpc) is 2.98. The number of amides is 2. The molecule has 2 unspecified atom stereocenters. The van der Waals surface area contributed by atoms with Crippen LogP contribution in [0.25, 0.3) is 5.57 Å². The van der Waals surface area contributed by atoms with Gasteiger partial charge in [0.1, 0.15) is 5.70 Å². The van der Waals surface area contributed by atoms with Gasteiger partial charge < -0.3 is 9.64 Å². The molecular weight excluding hydrogens is 422 g/mol. The molecule has 1 saturated heterocycles. The zero-order valence-corrected chi connectivity index (χ0v) is 17.7. The highest BCUT2D eigenvalue weighted by atomic mass is 35.5. The van der Waals surface area contributed by atoms with Crippen molar-refractivity contribution in [2.45, 2.75) is 26.1 Å². The molecule has 2 aromatic carbocycles. The highest BCUT2D eigenvalue weighted by Gasteiger charge is 2.43. The molecule has 8 nitrogen and oxygen atoms in total. The molecule has 2 aromatic rings. The number of hydrogen-bond donors (Lipinski definition) is 0. The first-order valence-corrected chi connectivity index (χ1v) is 10.2. The maximum absolute atomic E-state index is 13.5. The lowest BCUT2D eigenvalue weighted by Crippen LogP contribution is -2.47. The van der Waals surface area contributed by atoms with Crippen molar-refractivity contribution in [3.63, 3.8) is 0 Å². The number of imide groups is 1. The molecule has 2 heterocycles. The summed E-state index contributed by atoms with van der Waals surface area (Å²) in [6, 6.07) is 12.1. The number of morpholine rings is 1. The fraction of sp³-hybridized carbons (Fsp3) is 0.273. The smallest absolute Gasteiger partial charge is 0.282 e. The lowest BCUT2D eigenvalue weighted by Gasteiger charge is -2.37. The van der Waals surface area contributed by atoms with Crippen molar-refractivity contribution < 1.29 is 19.2 Å². The number of nitro groups is 1. The second kappa shape index (κ2) is 8.13. The topological polar surface area (TPSA) is 93.0 Å². The molecule has 31 heavy (non-hydrogen) atoms. The van der Waals surface area contributed by atoms with E-state index in [0.29, 0.717) is 29.4 Å². The maximum atomic E-state index is 13.5. The quantitative estimate of drug-likeness (QED) is 0.408. The van der Waals surface area contributed by atoms with Crippen LogP contribution in [0, 0.1) is 10.1 Å². The van der Waals surface area contributed by atoms with Crippen LogP contribution in [0.4, 0.5) is 11.4 Å². The van der Waals surface area contributed by atoms with Crippen molar-refractivity contribution in [1.82, 2.24) is 4.90 Å². The van der Waals surface area contributed by atoms with Gasteiger partial charge in [0.05, 0.1) is 28.4 Å². The van der Waals surface area contributed by atoms with Crippen LogP contribution in [0.5, 0.6) is 0 Å². The van der Waals surface area contributed by atoms with Crippen molar-refractivity contribution in [2.24, 2.45) is 0 Å². The number of anilines is 1. The summed E-state index contributed by atoms with van der Waals surface area (Å²) in [4.78, 5) is 40.5. The van der Waals surface area contributed by atoms with Crippen molar-refractivity contribution >= 4 is 40.4 Å². The Morgan fingerprint density at radius 1 is 0.968 bits per heavy atom. The Kier molecular flexibility index (Phi) is 5.51. The summed E-state index contributed by atoms with van der Waals surface area (Å²) in [5, 5.41) is 11.5. The molecule has 2 atom stereocenters. The summed E-state index contributed by atoms with van der Waals surface area (Å²) < 4.78 is 5.78. The van der Waals surface area contributed by atoms with Crippen LogP contribution in [-0.4, -0.2) is 46.9 Å². The molecule has 0 aliphatic carbocycles. The van der Waals surface area contributed by atoms with Crippen LogP contribution in [0.15, 0.2) is 54.2 Å². The van der Waals surface area contributed by atoms with E-state index in [-0.39, 0.29) is 29.2 Å². The van der Waals surface area contributed by atoms with E-state index in [9.17, 15) is 19.7 Å². The molecule has 2 aliphatic heterocycles. The van der Waals surface area contributed by atoms with Gasteiger partial charge in [-0.15, -0.1) is 0 Å². The molecule has 4 rings (SSSR count). The molecule has 1 fully saturated rings. The van der Waals surface area contributed by atoms with Gasteiger partial charge in [0, 0.05) is 30.2 Å². The minimum absolute atomic E-state index is 0.0918. The summed E-state index contributed by atoms with van der Waals surface area (Å²) in [7, 11) is 0. The van der Waals surface area contributed by atoms with E-state index >= 15 is 0 Å². The molecule has 2 amide bonds. The molecular formula is C22H20ClN3O5. The Morgan fingerprint density at radius 2 is 1.55 bits per heavy atom. The third-order valence-electron chi connectivity index (χ3n) is 5.25. The Morgan fingerprint density at radius 3 is 2.10 bits per heavy atom. The Balaban J connectivity index is 1.82. The van der Waals surface area contributed by atoms with Gasteiger partial charge in [0.15, 0.2) is 0 Å². The summed E-state index contributed by atoms with van der Waals surface area (Å²) in [5.74, 6) is -0.926. The molecule has 9 heteroatoms. The molecule has 0 radical (unpaired) electrons. The number of non-ortho nitro benzene ring substituents is 1. The lowest BCUT2D eigenvalue weighted by atomic mass is 10.0. The van der Waals surface area contributed by atoms with Gasteiger partial charge in [-0.05, 0) is 55.8 Å². The van der Waals surface area contributed by atoms with Crippen LogP contribution >= 0.6 is 11.6 Å². The summed E-state index contributed by atoms with van der Waals surface area (Å²) >= 11 is 5.96. The fourth-order valence-electron chi connectivity index (χ4n) is 4.01. The normalized spacial score (nSPS) is 21.8. The van der Waals surface area contributed by atoms with Crippen LogP contribution in [-0.2, 0) is 14.3 Å². The first-order valence-electron chi connectivity index (χ1n) is 9.80. The molecule has 0 spiro atoms. The number of halogens is 1. The summed E-state index contributed by atoms with van der Waals surface area (Å²) in [6.07, 6.45) is -0.247. The molecule has 160 valence electrons. The largest absolute Gasteiger partial charge is 0.372 e. The van der Waals surface area contributed by atoms with Gasteiger partial charge in [-0.25, -0.2) is 4.90 Å². The fourth-order valence-corrected chi connectivity index (χ4v) is 4.13. The highest BCUT2D eigenvalue weighted by molar-refractivity contribution is 6.45. The van der Waals surface area contributed by atoms with E-state index in [0.717, 1.165) is 4.90 Å². The number of rotatable bonds is 4. The van der Waals surface area contributed by atoms with E-state index in [1.165, 1.54) is 24.3 Å². The second-order valence-electron chi connectivity index (χ2n) is 7.61. The van der Waals surface area contributed by atoms with E-state index < -0.39 is 16.7 Å². The number of nitro benzene ring substituents is 1.